The molecule has 0 spiro atoms. The van der Waals surface area contributed by atoms with Crippen molar-refractivity contribution in [1.82, 2.24) is 4.31 Å². The zero-order valence-corrected chi connectivity index (χ0v) is 13.0. The molecule has 0 radical (unpaired) electrons. The van der Waals surface area contributed by atoms with Crippen LogP contribution in [0.3, 0.4) is 0 Å². The van der Waals surface area contributed by atoms with Gasteiger partial charge < -0.3 is 5.11 Å². The SMILES string of the molecule is N#Cc1ccc(S(=O)(=O)N(CC(=O)O)Cc2ccccc2)s1. The molecule has 1 aromatic heterocycles. The summed E-state index contributed by atoms with van der Waals surface area (Å²) in [4.78, 5) is 11.2. The summed E-state index contributed by atoms with van der Waals surface area (Å²) in [6.45, 7) is -0.688. The van der Waals surface area contributed by atoms with Gasteiger partial charge in [0, 0.05) is 6.54 Å². The average Bonchev–Trinajstić information content (AvgIpc) is 2.97. The molecular weight excluding hydrogens is 324 g/mol. The van der Waals surface area contributed by atoms with Crippen molar-refractivity contribution in [3.8, 4) is 6.07 Å². The summed E-state index contributed by atoms with van der Waals surface area (Å²) < 4.78 is 26.0. The van der Waals surface area contributed by atoms with E-state index < -0.39 is 22.5 Å². The third kappa shape index (κ3) is 3.71. The molecule has 6 nitrogen and oxygen atoms in total. The number of carbonyl (C=O) groups is 1. The molecule has 1 N–H and O–H groups in total. The van der Waals surface area contributed by atoms with Crippen LogP contribution in [-0.4, -0.2) is 30.3 Å². The predicted molar refractivity (Wildman–Crippen MR) is 80.7 cm³/mol. The first kappa shape index (κ1) is 16.2. The Balaban J connectivity index is 2.35. The van der Waals surface area contributed by atoms with Crippen LogP contribution in [0.2, 0.25) is 0 Å². The van der Waals surface area contributed by atoms with Crippen LogP contribution < -0.4 is 0 Å². The summed E-state index contributed by atoms with van der Waals surface area (Å²) in [7, 11) is -3.96. The molecular formula is C14H12N2O4S2. The van der Waals surface area contributed by atoms with E-state index in [1.165, 1.54) is 12.1 Å². The van der Waals surface area contributed by atoms with Crippen LogP contribution in [0.4, 0.5) is 0 Å². The van der Waals surface area contributed by atoms with Crippen LogP contribution in [0.15, 0.2) is 46.7 Å². The monoisotopic (exact) mass is 336 g/mol. The van der Waals surface area contributed by atoms with E-state index >= 15 is 0 Å². The maximum absolute atomic E-state index is 12.6. The van der Waals surface area contributed by atoms with Gasteiger partial charge in [0.05, 0.1) is 0 Å². The molecule has 0 unspecified atom stereocenters. The number of rotatable bonds is 6. The molecule has 22 heavy (non-hydrogen) atoms. The van der Waals surface area contributed by atoms with E-state index in [2.05, 4.69) is 0 Å². The highest BCUT2D eigenvalue weighted by molar-refractivity contribution is 7.91. The van der Waals surface area contributed by atoms with E-state index in [1.54, 1.807) is 30.3 Å². The Hall–Kier alpha value is -2.21. The van der Waals surface area contributed by atoms with Crippen molar-refractivity contribution in [2.24, 2.45) is 0 Å². The number of benzene rings is 1. The van der Waals surface area contributed by atoms with Gasteiger partial charge in [-0.15, -0.1) is 11.3 Å². The van der Waals surface area contributed by atoms with Crippen LogP contribution in [0.1, 0.15) is 10.4 Å². The lowest BCUT2D eigenvalue weighted by Crippen LogP contribution is -2.34. The number of carboxylic acid groups (broad SMARTS) is 1. The van der Waals surface area contributed by atoms with Gasteiger partial charge in [-0.3, -0.25) is 4.79 Å². The largest absolute Gasteiger partial charge is 0.480 e. The number of sulfonamides is 1. The second-order valence-corrected chi connectivity index (χ2v) is 7.63. The molecule has 114 valence electrons. The number of aliphatic carboxylic acids is 1. The van der Waals surface area contributed by atoms with Crippen LogP contribution >= 0.6 is 11.3 Å². The second kappa shape index (κ2) is 6.70. The minimum atomic E-state index is -3.96. The maximum Gasteiger partial charge on any atom is 0.318 e. The molecule has 8 heteroatoms. The van der Waals surface area contributed by atoms with Crippen LogP contribution in [0, 0.1) is 11.3 Å². The lowest BCUT2D eigenvalue weighted by molar-refractivity contribution is -0.137. The van der Waals surface area contributed by atoms with E-state index in [9.17, 15) is 13.2 Å². The predicted octanol–water partition coefficient (Wildman–Crippen LogP) is 1.90. The number of carboxylic acids is 1. The molecule has 0 saturated heterocycles. The Morgan fingerprint density at radius 1 is 1.23 bits per heavy atom. The quantitative estimate of drug-likeness (QED) is 0.868. The van der Waals surface area contributed by atoms with Crippen molar-refractivity contribution in [3.05, 3.63) is 52.9 Å². The summed E-state index contributed by atoms with van der Waals surface area (Å²) in [5, 5.41) is 17.8. The fourth-order valence-corrected chi connectivity index (χ4v) is 4.45. The molecule has 0 aliphatic rings. The van der Waals surface area contributed by atoms with Crippen LogP contribution in [0.5, 0.6) is 0 Å². The van der Waals surface area contributed by atoms with Gasteiger partial charge in [-0.05, 0) is 17.7 Å². The first-order valence-electron chi connectivity index (χ1n) is 6.19. The Labute approximate surface area is 131 Å². The minimum Gasteiger partial charge on any atom is -0.480 e. The van der Waals surface area contributed by atoms with E-state index in [1.807, 2.05) is 6.07 Å². The van der Waals surface area contributed by atoms with E-state index in [-0.39, 0.29) is 15.6 Å². The molecule has 2 rings (SSSR count). The molecule has 1 aromatic carbocycles. The van der Waals surface area contributed by atoms with Crippen molar-refractivity contribution < 1.29 is 18.3 Å². The molecule has 0 bridgehead atoms. The third-order valence-corrected chi connectivity index (χ3v) is 6.05. The summed E-state index contributed by atoms with van der Waals surface area (Å²) >= 11 is 0.822. The van der Waals surface area contributed by atoms with Gasteiger partial charge in [0.2, 0.25) is 0 Å². The topological polar surface area (TPSA) is 98.5 Å². The maximum atomic E-state index is 12.6. The second-order valence-electron chi connectivity index (χ2n) is 4.38. The average molecular weight is 336 g/mol. The standard InChI is InChI=1S/C14H12N2O4S2/c15-8-12-6-7-14(21-12)22(19,20)16(10-13(17)18)9-11-4-2-1-3-5-11/h1-7H,9-10H2,(H,17,18). The summed E-state index contributed by atoms with van der Waals surface area (Å²) in [5.41, 5.74) is 0.685. The van der Waals surface area contributed by atoms with E-state index in [4.69, 9.17) is 10.4 Å². The van der Waals surface area contributed by atoms with Crippen molar-refractivity contribution in [2.75, 3.05) is 6.54 Å². The highest BCUT2D eigenvalue weighted by Gasteiger charge is 2.28. The van der Waals surface area contributed by atoms with E-state index in [0.717, 1.165) is 15.6 Å². The number of hydrogen-bond acceptors (Lipinski definition) is 5. The number of hydrogen-bond donors (Lipinski definition) is 1. The Morgan fingerprint density at radius 3 is 2.45 bits per heavy atom. The molecule has 0 fully saturated rings. The molecule has 1 heterocycles. The Bertz CT molecular complexity index is 807. The first-order chi connectivity index (χ1) is 10.4. The fraction of sp³-hybridized carbons (Fsp3) is 0.143. The number of nitrogens with zero attached hydrogens (tertiary/aromatic N) is 2. The van der Waals surface area contributed by atoms with Crippen LogP contribution in [0.25, 0.3) is 0 Å². The highest BCUT2D eigenvalue weighted by atomic mass is 32.2. The fourth-order valence-electron chi connectivity index (χ4n) is 1.81. The molecule has 0 aliphatic carbocycles. The Kier molecular flexibility index (Phi) is 4.92. The Morgan fingerprint density at radius 2 is 1.91 bits per heavy atom. The molecule has 0 aliphatic heterocycles. The third-order valence-electron chi connectivity index (χ3n) is 2.80. The highest BCUT2D eigenvalue weighted by Crippen LogP contribution is 2.25. The number of thiophene rings is 1. The van der Waals surface area contributed by atoms with Crippen molar-refractivity contribution in [2.45, 2.75) is 10.8 Å². The minimum absolute atomic E-state index is 0.0405. The lowest BCUT2D eigenvalue weighted by Gasteiger charge is -2.19. The van der Waals surface area contributed by atoms with Crippen molar-refractivity contribution >= 4 is 27.3 Å². The van der Waals surface area contributed by atoms with Gasteiger partial charge in [-0.1, -0.05) is 30.3 Å². The van der Waals surface area contributed by atoms with Gasteiger partial charge in [-0.2, -0.15) is 9.57 Å². The smallest absolute Gasteiger partial charge is 0.318 e. The van der Waals surface area contributed by atoms with Crippen molar-refractivity contribution in [3.63, 3.8) is 0 Å². The summed E-state index contributed by atoms with van der Waals surface area (Å²) in [5.74, 6) is -1.24. The number of nitriles is 1. The van der Waals surface area contributed by atoms with Gasteiger partial charge in [0.25, 0.3) is 10.0 Å². The zero-order valence-electron chi connectivity index (χ0n) is 11.3. The lowest BCUT2D eigenvalue weighted by atomic mass is 10.2. The van der Waals surface area contributed by atoms with Gasteiger partial charge >= 0.3 is 5.97 Å². The van der Waals surface area contributed by atoms with Gasteiger partial charge in [-0.25, -0.2) is 8.42 Å². The molecule has 0 atom stereocenters. The zero-order chi connectivity index (χ0) is 16.2. The summed E-state index contributed by atoms with van der Waals surface area (Å²) in [6, 6.07) is 13.3. The molecule has 2 aromatic rings. The van der Waals surface area contributed by atoms with E-state index in [0.29, 0.717) is 5.56 Å². The van der Waals surface area contributed by atoms with Gasteiger partial charge in [0.1, 0.15) is 21.7 Å². The summed E-state index contributed by atoms with van der Waals surface area (Å²) in [6.07, 6.45) is 0. The van der Waals surface area contributed by atoms with Gasteiger partial charge in [0.15, 0.2) is 0 Å². The first-order valence-corrected chi connectivity index (χ1v) is 8.45. The van der Waals surface area contributed by atoms with Crippen LogP contribution in [-0.2, 0) is 21.4 Å². The normalized spacial score (nSPS) is 11.3. The van der Waals surface area contributed by atoms with Crippen molar-refractivity contribution in [1.29, 1.82) is 5.26 Å². The molecule has 0 amide bonds. The molecule has 0 saturated carbocycles.